The Balaban J connectivity index is 2.09. The first-order chi connectivity index (χ1) is 10.5. The van der Waals surface area contributed by atoms with Crippen molar-refractivity contribution in [3.05, 3.63) is 35.3 Å². The van der Waals surface area contributed by atoms with Gasteiger partial charge in [-0.05, 0) is 24.3 Å². The van der Waals surface area contributed by atoms with Gasteiger partial charge in [0.25, 0.3) is 5.91 Å². The van der Waals surface area contributed by atoms with E-state index in [1.54, 1.807) is 14.2 Å². The second-order valence-corrected chi connectivity index (χ2v) is 5.66. The molecular formula is C15H16N2O4S. The lowest BCUT2D eigenvalue weighted by molar-refractivity contribution is -0.137. The van der Waals surface area contributed by atoms with Gasteiger partial charge in [0.15, 0.2) is 0 Å². The van der Waals surface area contributed by atoms with Gasteiger partial charge in [-0.2, -0.15) is 0 Å². The molecule has 2 aromatic rings. The fourth-order valence-corrected chi connectivity index (χ4v) is 2.71. The van der Waals surface area contributed by atoms with Crippen LogP contribution in [0.25, 0.3) is 10.6 Å². The number of nitrogens with zero attached hydrogens (tertiary/aromatic N) is 2. The number of thiazole rings is 1. The molecule has 0 aliphatic heterocycles. The summed E-state index contributed by atoms with van der Waals surface area (Å²) in [5, 5.41) is 9.39. The van der Waals surface area contributed by atoms with E-state index in [1.807, 2.05) is 24.3 Å². The third-order valence-corrected chi connectivity index (χ3v) is 4.10. The van der Waals surface area contributed by atoms with Crippen LogP contribution in [0.1, 0.15) is 16.1 Å². The highest BCUT2D eigenvalue weighted by molar-refractivity contribution is 7.16. The molecule has 0 unspecified atom stereocenters. The quantitative estimate of drug-likeness (QED) is 0.884. The predicted octanol–water partition coefficient (Wildman–Crippen LogP) is 2.37. The highest BCUT2D eigenvalue weighted by atomic mass is 32.1. The molecule has 1 heterocycles. The average Bonchev–Trinajstić information content (AvgIpc) is 3.01. The Hall–Kier alpha value is -2.41. The van der Waals surface area contributed by atoms with E-state index >= 15 is 0 Å². The van der Waals surface area contributed by atoms with Crippen LogP contribution in [0, 0.1) is 0 Å². The van der Waals surface area contributed by atoms with Crippen LogP contribution in [0.5, 0.6) is 5.75 Å². The summed E-state index contributed by atoms with van der Waals surface area (Å²) >= 11 is 1.28. The number of ether oxygens (including phenoxy) is 1. The molecule has 1 aromatic carbocycles. The summed E-state index contributed by atoms with van der Waals surface area (Å²) in [5.74, 6) is -0.397. The Bertz CT molecular complexity index is 666. The second-order valence-electron chi connectivity index (χ2n) is 4.63. The fourth-order valence-electron chi connectivity index (χ4n) is 1.79. The molecule has 2 rings (SSSR count). The van der Waals surface area contributed by atoms with Gasteiger partial charge < -0.3 is 14.7 Å². The summed E-state index contributed by atoms with van der Waals surface area (Å²) in [5.41, 5.74) is 0.901. The van der Waals surface area contributed by atoms with Crippen molar-refractivity contribution in [3.8, 4) is 16.3 Å². The SMILES string of the molecule is COc1ccc(-c2ncc(C(=O)N(C)CCC(=O)O)s2)cc1. The van der Waals surface area contributed by atoms with Crippen molar-refractivity contribution >= 4 is 23.2 Å². The summed E-state index contributed by atoms with van der Waals surface area (Å²) in [4.78, 5) is 28.9. The summed E-state index contributed by atoms with van der Waals surface area (Å²) in [6.07, 6.45) is 1.44. The van der Waals surface area contributed by atoms with Crippen LogP contribution in [-0.2, 0) is 4.79 Å². The molecule has 22 heavy (non-hydrogen) atoms. The molecule has 0 saturated carbocycles. The van der Waals surface area contributed by atoms with Crippen molar-refractivity contribution in [1.29, 1.82) is 0 Å². The molecule has 0 aliphatic carbocycles. The molecule has 0 spiro atoms. The van der Waals surface area contributed by atoms with E-state index in [1.165, 1.54) is 22.4 Å². The highest BCUT2D eigenvalue weighted by Gasteiger charge is 2.16. The molecular weight excluding hydrogens is 304 g/mol. The van der Waals surface area contributed by atoms with Gasteiger partial charge in [0.2, 0.25) is 0 Å². The van der Waals surface area contributed by atoms with E-state index in [0.717, 1.165) is 16.3 Å². The number of rotatable bonds is 6. The van der Waals surface area contributed by atoms with Gasteiger partial charge in [0.05, 0.1) is 19.7 Å². The number of amides is 1. The first-order valence-corrected chi connectivity index (χ1v) is 7.40. The van der Waals surface area contributed by atoms with E-state index < -0.39 is 5.97 Å². The van der Waals surface area contributed by atoms with Crippen LogP contribution >= 0.6 is 11.3 Å². The van der Waals surface area contributed by atoms with Crippen LogP contribution in [0.15, 0.2) is 30.5 Å². The molecule has 0 atom stereocenters. The van der Waals surface area contributed by atoms with Crippen LogP contribution < -0.4 is 4.74 Å². The van der Waals surface area contributed by atoms with Crippen LogP contribution in [0.3, 0.4) is 0 Å². The second kappa shape index (κ2) is 7.04. The Morgan fingerprint density at radius 3 is 2.59 bits per heavy atom. The first-order valence-electron chi connectivity index (χ1n) is 6.58. The molecule has 6 nitrogen and oxygen atoms in total. The molecule has 0 radical (unpaired) electrons. The van der Waals surface area contributed by atoms with Gasteiger partial charge in [-0.25, -0.2) is 4.98 Å². The van der Waals surface area contributed by atoms with E-state index in [0.29, 0.717) is 4.88 Å². The zero-order valence-electron chi connectivity index (χ0n) is 12.3. The van der Waals surface area contributed by atoms with Crippen LogP contribution in [0.2, 0.25) is 0 Å². The summed E-state index contributed by atoms with van der Waals surface area (Å²) in [6.45, 7) is 0.171. The zero-order chi connectivity index (χ0) is 16.1. The van der Waals surface area contributed by atoms with Gasteiger partial charge in [0.1, 0.15) is 15.6 Å². The molecule has 0 fully saturated rings. The molecule has 0 saturated heterocycles. The predicted molar refractivity (Wildman–Crippen MR) is 83.3 cm³/mol. The van der Waals surface area contributed by atoms with E-state index in [9.17, 15) is 9.59 Å². The number of carboxylic acids is 1. The Morgan fingerprint density at radius 2 is 2.00 bits per heavy atom. The standard InChI is InChI=1S/C15H16N2O4S/c1-17(8-7-13(18)19)15(20)12-9-16-14(22-12)10-3-5-11(21-2)6-4-10/h3-6,9H,7-8H2,1-2H3,(H,18,19). The molecule has 116 valence electrons. The Kier molecular flexibility index (Phi) is 5.11. The van der Waals surface area contributed by atoms with E-state index in [2.05, 4.69) is 4.98 Å². The molecule has 0 aliphatic rings. The van der Waals surface area contributed by atoms with Crippen molar-refractivity contribution in [1.82, 2.24) is 9.88 Å². The Labute approximate surface area is 132 Å². The minimum atomic E-state index is -0.928. The van der Waals surface area contributed by atoms with Crippen LogP contribution in [0.4, 0.5) is 0 Å². The number of hydrogen-bond donors (Lipinski definition) is 1. The number of hydrogen-bond acceptors (Lipinski definition) is 5. The van der Waals surface area contributed by atoms with Crippen molar-refractivity contribution in [2.24, 2.45) is 0 Å². The van der Waals surface area contributed by atoms with Gasteiger partial charge in [-0.15, -0.1) is 11.3 Å². The minimum absolute atomic E-state index is 0.0770. The van der Waals surface area contributed by atoms with Crippen molar-refractivity contribution in [2.45, 2.75) is 6.42 Å². The number of carbonyl (C=O) groups excluding carboxylic acids is 1. The third-order valence-electron chi connectivity index (χ3n) is 3.06. The number of methoxy groups -OCH3 is 1. The number of aliphatic carboxylic acids is 1. The fraction of sp³-hybridized carbons (Fsp3) is 0.267. The van der Waals surface area contributed by atoms with Crippen molar-refractivity contribution in [2.75, 3.05) is 20.7 Å². The first kappa shape index (κ1) is 16.0. The maximum Gasteiger partial charge on any atom is 0.305 e. The van der Waals surface area contributed by atoms with E-state index in [4.69, 9.17) is 9.84 Å². The molecule has 0 bridgehead atoms. The van der Waals surface area contributed by atoms with Gasteiger partial charge >= 0.3 is 5.97 Å². The monoisotopic (exact) mass is 320 g/mol. The lowest BCUT2D eigenvalue weighted by Crippen LogP contribution is -2.28. The highest BCUT2D eigenvalue weighted by Crippen LogP contribution is 2.27. The lowest BCUT2D eigenvalue weighted by atomic mass is 10.2. The van der Waals surface area contributed by atoms with Gasteiger partial charge in [0, 0.05) is 19.2 Å². The largest absolute Gasteiger partial charge is 0.497 e. The normalized spacial score (nSPS) is 10.3. The van der Waals surface area contributed by atoms with Gasteiger partial charge in [-0.3, -0.25) is 9.59 Å². The number of aromatic nitrogens is 1. The number of carboxylic acid groups (broad SMARTS) is 1. The number of benzene rings is 1. The summed E-state index contributed by atoms with van der Waals surface area (Å²) in [7, 11) is 3.18. The van der Waals surface area contributed by atoms with Gasteiger partial charge in [-0.1, -0.05) is 0 Å². The maximum absolute atomic E-state index is 12.2. The maximum atomic E-state index is 12.2. The zero-order valence-corrected chi connectivity index (χ0v) is 13.1. The molecule has 7 heteroatoms. The van der Waals surface area contributed by atoms with Crippen molar-refractivity contribution in [3.63, 3.8) is 0 Å². The smallest absolute Gasteiger partial charge is 0.305 e. The topological polar surface area (TPSA) is 79.7 Å². The summed E-state index contributed by atoms with van der Waals surface area (Å²) < 4.78 is 5.10. The van der Waals surface area contributed by atoms with E-state index in [-0.39, 0.29) is 18.9 Å². The molecule has 1 amide bonds. The van der Waals surface area contributed by atoms with Crippen molar-refractivity contribution < 1.29 is 19.4 Å². The number of carbonyl (C=O) groups is 2. The third kappa shape index (κ3) is 3.82. The lowest BCUT2D eigenvalue weighted by Gasteiger charge is -2.14. The van der Waals surface area contributed by atoms with Crippen LogP contribution in [-0.4, -0.2) is 47.6 Å². The summed E-state index contributed by atoms with van der Waals surface area (Å²) in [6, 6.07) is 7.41. The average molecular weight is 320 g/mol. The molecule has 1 aromatic heterocycles. The Morgan fingerprint density at radius 1 is 1.32 bits per heavy atom. The molecule has 1 N–H and O–H groups in total. The minimum Gasteiger partial charge on any atom is -0.497 e.